The monoisotopic (exact) mass is 366 g/mol. The topological polar surface area (TPSA) is 24.8 Å². The van der Waals surface area contributed by atoms with Gasteiger partial charge in [0.15, 0.2) is 0 Å². The third-order valence-corrected chi connectivity index (χ3v) is 4.61. The first kappa shape index (κ1) is 21.2. The highest BCUT2D eigenvalue weighted by atomic mass is 16.5. The van der Waals surface area contributed by atoms with Gasteiger partial charge in [-0.1, -0.05) is 30.3 Å². The number of hydrogen-bond donors (Lipinski definition) is 0. The average molecular weight is 367 g/mol. The minimum Gasteiger partial charge on any atom is -0.371 e. The summed E-state index contributed by atoms with van der Waals surface area (Å²) in [6.45, 7) is 14.3. The predicted molar refractivity (Wildman–Crippen MR) is 116 cm³/mol. The molecule has 0 aliphatic heterocycles. The van der Waals surface area contributed by atoms with Crippen LogP contribution in [-0.2, 0) is 17.8 Å². The molecular weight excluding hydrogens is 332 g/mol. The molecule has 0 radical (unpaired) electrons. The van der Waals surface area contributed by atoms with Gasteiger partial charge in [-0.25, -0.2) is 4.99 Å². The van der Waals surface area contributed by atoms with Gasteiger partial charge in [-0.2, -0.15) is 0 Å². The largest absolute Gasteiger partial charge is 0.371 e. The van der Waals surface area contributed by atoms with Crippen molar-refractivity contribution in [3.63, 3.8) is 0 Å². The van der Waals surface area contributed by atoms with Crippen LogP contribution in [0.4, 0.5) is 5.69 Å². The van der Waals surface area contributed by atoms with Gasteiger partial charge in [0.2, 0.25) is 0 Å². The van der Waals surface area contributed by atoms with Gasteiger partial charge in [-0.3, -0.25) is 0 Å². The molecule has 0 unspecified atom stereocenters. The van der Waals surface area contributed by atoms with Crippen LogP contribution in [0.5, 0.6) is 0 Å². The molecule has 0 saturated heterocycles. The van der Waals surface area contributed by atoms with E-state index in [-0.39, 0.29) is 5.60 Å². The number of aryl methyl sites for hydroxylation is 2. The first-order chi connectivity index (χ1) is 12.7. The molecule has 27 heavy (non-hydrogen) atoms. The maximum absolute atomic E-state index is 5.91. The SMILES string of the molecule is CCN(C)C=Nc1cc(C)c(Cc2cccc(COC(C)(C)C)c2)cc1C. The quantitative estimate of drug-likeness (QED) is 0.455. The molecule has 0 bridgehead atoms. The van der Waals surface area contributed by atoms with Crippen LogP contribution in [0.15, 0.2) is 41.4 Å². The fraction of sp³-hybridized carbons (Fsp3) is 0.458. The zero-order valence-corrected chi connectivity index (χ0v) is 18.0. The maximum Gasteiger partial charge on any atom is 0.0909 e. The Labute approximate surface area is 165 Å². The number of hydrogen-bond acceptors (Lipinski definition) is 2. The van der Waals surface area contributed by atoms with Crippen molar-refractivity contribution in [1.82, 2.24) is 4.90 Å². The Morgan fingerprint density at radius 1 is 1.04 bits per heavy atom. The molecule has 3 heteroatoms. The third kappa shape index (κ3) is 6.84. The molecule has 2 aromatic carbocycles. The molecule has 0 aliphatic rings. The highest BCUT2D eigenvalue weighted by Gasteiger charge is 2.11. The maximum atomic E-state index is 5.91. The molecule has 0 N–H and O–H groups in total. The number of nitrogens with zero attached hydrogens (tertiary/aromatic N) is 2. The molecule has 3 nitrogen and oxygen atoms in total. The van der Waals surface area contributed by atoms with Crippen LogP contribution in [0.3, 0.4) is 0 Å². The molecule has 0 atom stereocenters. The van der Waals surface area contributed by atoms with E-state index in [0.29, 0.717) is 6.61 Å². The van der Waals surface area contributed by atoms with Crippen molar-refractivity contribution in [3.05, 3.63) is 64.2 Å². The molecular formula is C24H34N2O. The van der Waals surface area contributed by atoms with E-state index in [9.17, 15) is 0 Å². The summed E-state index contributed by atoms with van der Waals surface area (Å²) < 4.78 is 5.91. The molecule has 0 fully saturated rings. The Balaban J connectivity index is 2.15. The minimum atomic E-state index is -0.119. The number of ether oxygens (including phenoxy) is 1. The zero-order chi connectivity index (χ0) is 20.0. The van der Waals surface area contributed by atoms with Crippen LogP contribution >= 0.6 is 0 Å². The zero-order valence-electron chi connectivity index (χ0n) is 18.0. The van der Waals surface area contributed by atoms with Crippen molar-refractivity contribution in [2.24, 2.45) is 4.99 Å². The standard InChI is InChI=1S/C24H34N2O/c1-8-26(7)17-25-23-13-18(2)22(12-19(23)3)15-20-10-9-11-21(14-20)16-27-24(4,5)6/h9-14,17H,8,15-16H2,1-7H3. The lowest BCUT2D eigenvalue weighted by molar-refractivity contribution is -0.0149. The van der Waals surface area contributed by atoms with Crippen molar-refractivity contribution in [1.29, 1.82) is 0 Å². The smallest absolute Gasteiger partial charge is 0.0909 e. The lowest BCUT2D eigenvalue weighted by Gasteiger charge is -2.19. The van der Waals surface area contributed by atoms with Crippen molar-refractivity contribution in [2.45, 2.75) is 60.2 Å². The Morgan fingerprint density at radius 3 is 2.41 bits per heavy atom. The van der Waals surface area contributed by atoms with Gasteiger partial charge in [-0.05, 0) is 81.8 Å². The van der Waals surface area contributed by atoms with Crippen LogP contribution in [0.1, 0.15) is 55.5 Å². The number of aliphatic imine (C=N–C) groups is 1. The number of rotatable bonds is 7. The summed E-state index contributed by atoms with van der Waals surface area (Å²) >= 11 is 0. The van der Waals surface area contributed by atoms with E-state index >= 15 is 0 Å². The third-order valence-electron chi connectivity index (χ3n) is 4.61. The average Bonchev–Trinajstić information content (AvgIpc) is 2.61. The van der Waals surface area contributed by atoms with Gasteiger partial charge in [0, 0.05) is 13.6 Å². The molecule has 0 spiro atoms. The van der Waals surface area contributed by atoms with Crippen LogP contribution in [0.25, 0.3) is 0 Å². The highest BCUT2D eigenvalue weighted by molar-refractivity contribution is 5.64. The Bertz CT molecular complexity index is 787. The van der Waals surface area contributed by atoms with Crippen LogP contribution in [-0.4, -0.2) is 30.4 Å². The molecule has 0 amide bonds. The summed E-state index contributed by atoms with van der Waals surface area (Å²) in [4.78, 5) is 6.71. The van der Waals surface area contributed by atoms with E-state index in [0.717, 1.165) is 18.7 Å². The lowest BCUT2D eigenvalue weighted by atomic mass is 9.96. The fourth-order valence-corrected chi connectivity index (χ4v) is 2.78. The second-order valence-corrected chi connectivity index (χ2v) is 8.28. The molecule has 0 saturated carbocycles. The van der Waals surface area contributed by atoms with E-state index < -0.39 is 0 Å². The Hall–Kier alpha value is -2.13. The van der Waals surface area contributed by atoms with Gasteiger partial charge in [-0.15, -0.1) is 0 Å². The van der Waals surface area contributed by atoms with E-state index in [2.05, 4.69) is 87.8 Å². The van der Waals surface area contributed by atoms with Crippen LogP contribution in [0, 0.1) is 13.8 Å². The van der Waals surface area contributed by atoms with Gasteiger partial charge in [0.25, 0.3) is 0 Å². The van der Waals surface area contributed by atoms with E-state index in [1.165, 1.54) is 27.8 Å². The Kier molecular flexibility index (Phi) is 7.20. The van der Waals surface area contributed by atoms with Crippen molar-refractivity contribution < 1.29 is 4.74 Å². The van der Waals surface area contributed by atoms with E-state index in [1.54, 1.807) is 0 Å². The first-order valence-corrected chi connectivity index (χ1v) is 9.74. The molecule has 2 rings (SSSR count). The molecule has 0 heterocycles. The van der Waals surface area contributed by atoms with Crippen molar-refractivity contribution in [3.8, 4) is 0 Å². The summed E-state index contributed by atoms with van der Waals surface area (Å²) in [5.74, 6) is 0. The second kappa shape index (κ2) is 9.18. The van der Waals surface area contributed by atoms with E-state index in [1.807, 2.05) is 13.4 Å². The van der Waals surface area contributed by atoms with Gasteiger partial charge in [0.1, 0.15) is 0 Å². The highest BCUT2D eigenvalue weighted by Crippen LogP contribution is 2.25. The summed E-state index contributed by atoms with van der Waals surface area (Å²) in [5.41, 5.74) is 7.31. The van der Waals surface area contributed by atoms with Gasteiger partial charge in [0.05, 0.1) is 24.2 Å². The summed E-state index contributed by atoms with van der Waals surface area (Å²) in [6, 6.07) is 13.2. The normalized spacial score (nSPS) is 12.0. The summed E-state index contributed by atoms with van der Waals surface area (Å²) in [5, 5.41) is 0. The fourth-order valence-electron chi connectivity index (χ4n) is 2.78. The first-order valence-electron chi connectivity index (χ1n) is 9.74. The van der Waals surface area contributed by atoms with Crippen molar-refractivity contribution in [2.75, 3.05) is 13.6 Å². The van der Waals surface area contributed by atoms with Crippen LogP contribution < -0.4 is 0 Å². The lowest BCUT2D eigenvalue weighted by Crippen LogP contribution is -2.18. The van der Waals surface area contributed by atoms with Crippen LogP contribution in [0.2, 0.25) is 0 Å². The van der Waals surface area contributed by atoms with E-state index in [4.69, 9.17) is 4.74 Å². The molecule has 0 aliphatic carbocycles. The Morgan fingerprint density at radius 2 is 1.74 bits per heavy atom. The minimum absolute atomic E-state index is 0.119. The molecule has 146 valence electrons. The molecule has 2 aromatic rings. The molecule has 0 aromatic heterocycles. The number of benzene rings is 2. The van der Waals surface area contributed by atoms with Gasteiger partial charge < -0.3 is 9.64 Å². The van der Waals surface area contributed by atoms with Gasteiger partial charge >= 0.3 is 0 Å². The predicted octanol–water partition coefficient (Wildman–Crippen LogP) is 5.82. The summed E-state index contributed by atoms with van der Waals surface area (Å²) in [6.07, 6.45) is 2.83. The second-order valence-electron chi connectivity index (χ2n) is 8.28. The van der Waals surface area contributed by atoms with Crippen molar-refractivity contribution >= 4 is 12.0 Å². The summed E-state index contributed by atoms with van der Waals surface area (Å²) in [7, 11) is 2.04.